The van der Waals surface area contributed by atoms with Gasteiger partial charge in [-0.3, -0.25) is 14.9 Å². The van der Waals surface area contributed by atoms with Crippen LogP contribution >= 0.6 is 0 Å². The molecule has 2 aromatic carbocycles. The Balaban J connectivity index is 1.63. The summed E-state index contributed by atoms with van der Waals surface area (Å²) in [5.41, 5.74) is 7.37. The van der Waals surface area contributed by atoms with Gasteiger partial charge in [0.1, 0.15) is 5.75 Å². The molecule has 1 aliphatic carbocycles. The van der Waals surface area contributed by atoms with Crippen molar-refractivity contribution in [1.82, 2.24) is 4.90 Å². The lowest BCUT2D eigenvalue weighted by Crippen LogP contribution is -2.28. The van der Waals surface area contributed by atoms with Crippen molar-refractivity contribution in [3.05, 3.63) is 75.8 Å². The van der Waals surface area contributed by atoms with Crippen molar-refractivity contribution in [3.63, 3.8) is 0 Å². The van der Waals surface area contributed by atoms with Gasteiger partial charge >= 0.3 is 0 Å². The van der Waals surface area contributed by atoms with Crippen LogP contribution in [-0.2, 0) is 6.54 Å². The predicted molar refractivity (Wildman–Crippen MR) is 135 cm³/mol. The second-order valence-corrected chi connectivity index (χ2v) is 8.70. The molecule has 0 aromatic heterocycles. The number of likely N-dealkylation sites (tertiary alicyclic amines) is 1. The molecule has 0 atom stereocenters. The average Bonchev–Trinajstić information content (AvgIpc) is 3.21. The molecule has 1 aliphatic heterocycles. The molecule has 1 fully saturated rings. The van der Waals surface area contributed by atoms with Crippen LogP contribution in [0.5, 0.6) is 5.75 Å². The normalized spacial score (nSPS) is 21.2. The molecule has 2 aromatic rings. The molecule has 0 unspecified atom stereocenters. The van der Waals surface area contributed by atoms with Gasteiger partial charge in [-0.25, -0.2) is 0 Å². The summed E-state index contributed by atoms with van der Waals surface area (Å²) in [5, 5.41) is 2.63. The standard InChI is InChI=1S/C28H33N3O/c1-20-9-7-12-24(16-23-11-5-6-14-26(20)23)30-21(2)27-18-31(19-28(27)29-3)17-22-10-8-13-25(15-22)32-4/h5-6,8,10-11,13-16H,7,9,12,17-19H2,1-4H3/b23-16?,26-20?,27-21+,29-28?,30-24?. The monoisotopic (exact) mass is 427 g/mol. The van der Waals surface area contributed by atoms with E-state index in [2.05, 4.69) is 72.3 Å². The molecule has 1 heterocycles. The number of aliphatic imine (C=N–C) groups is 2. The van der Waals surface area contributed by atoms with Gasteiger partial charge in [0.05, 0.1) is 12.8 Å². The summed E-state index contributed by atoms with van der Waals surface area (Å²) in [4.78, 5) is 12.1. The number of hydrogen-bond acceptors (Lipinski definition) is 4. The van der Waals surface area contributed by atoms with Gasteiger partial charge in [-0.05, 0) is 67.3 Å². The summed E-state index contributed by atoms with van der Waals surface area (Å²) in [7, 11) is 3.60. The first-order valence-corrected chi connectivity index (χ1v) is 11.4. The Labute approximate surface area is 191 Å². The van der Waals surface area contributed by atoms with Gasteiger partial charge in [0.25, 0.3) is 0 Å². The Morgan fingerprint density at radius 3 is 2.72 bits per heavy atom. The summed E-state index contributed by atoms with van der Waals surface area (Å²) in [5.74, 6) is 0.900. The minimum atomic E-state index is 0.853. The molecule has 0 bridgehead atoms. The third-order valence-corrected chi connectivity index (χ3v) is 6.39. The minimum Gasteiger partial charge on any atom is -0.497 e. The Hall–Kier alpha value is -2.98. The maximum atomic E-state index is 5.38. The minimum absolute atomic E-state index is 0.853. The van der Waals surface area contributed by atoms with Crippen molar-refractivity contribution in [1.29, 1.82) is 0 Å². The molecule has 0 saturated carbocycles. The number of methoxy groups -OCH3 is 1. The van der Waals surface area contributed by atoms with E-state index < -0.39 is 0 Å². The predicted octanol–water partition coefficient (Wildman–Crippen LogP) is 4.13. The summed E-state index contributed by atoms with van der Waals surface area (Å²) >= 11 is 0. The van der Waals surface area contributed by atoms with Gasteiger partial charge in [0.15, 0.2) is 0 Å². The number of rotatable bonds is 4. The lowest BCUT2D eigenvalue weighted by atomic mass is 9.99. The molecule has 0 amide bonds. The van der Waals surface area contributed by atoms with E-state index in [-0.39, 0.29) is 0 Å². The molecule has 0 radical (unpaired) electrons. The molecule has 32 heavy (non-hydrogen) atoms. The third-order valence-electron chi connectivity index (χ3n) is 6.39. The number of ether oxygens (including phenoxy) is 1. The van der Waals surface area contributed by atoms with Crippen LogP contribution in [0.15, 0.2) is 69.8 Å². The van der Waals surface area contributed by atoms with Crippen molar-refractivity contribution in [2.75, 3.05) is 27.2 Å². The lowest BCUT2D eigenvalue weighted by molar-refractivity contribution is 0.351. The van der Waals surface area contributed by atoms with E-state index in [4.69, 9.17) is 9.73 Å². The number of benzene rings is 2. The van der Waals surface area contributed by atoms with Crippen LogP contribution < -0.4 is 15.2 Å². The topological polar surface area (TPSA) is 37.2 Å². The first kappa shape index (κ1) is 22.2. The molecule has 4 nitrogen and oxygen atoms in total. The first-order chi connectivity index (χ1) is 15.6. The van der Waals surface area contributed by atoms with Gasteiger partial charge in [0, 0.05) is 43.7 Å². The number of nitrogens with zero attached hydrogens (tertiary/aromatic N) is 3. The summed E-state index contributed by atoms with van der Waals surface area (Å²) < 4.78 is 5.38. The highest BCUT2D eigenvalue weighted by Gasteiger charge is 2.25. The fourth-order valence-corrected chi connectivity index (χ4v) is 4.65. The zero-order valence-electron chi connectivity index (χ0n) is 19.7. The molecule has 4 rings (SSSR count). The summed E-state index contributed by atoms with van der Waals surface area (Å²) in [6, 6.07) is 17.0. The molecule has 1 saturated heterocycles. The quantitative estimate of drug-likeness (QED) is 0.736. The van der Waals surface area contributed by atoms with Crippen LogP contribution in [-0.4, -0.2) is 43.6 Å². The van der Waals surface area contributed by atoms with E-state index in [1.807, 2.05) is 13.1 Å². The second-order valence-electron chi connectivity index (χ2n) is 8.70. The summed E-state index contributed by atoms with van der Waals surface area (Å²) in [6.45, 7) is 6.99. The SMILES string of the molecule is CN=C1CN(Cc2cccc(OC)c2)C/C1=C(/C)N=C1C=c2ccccc2=C(C)CCC1. The molecule has 0 spiro atoms. The highest BCUT2D eigenvalue weighted by molar-refractivity contribution is 6.11. The smallest absolute Gasteiger partial charge is 0.119 e. The van der Waals surface area contributed by atoms with Gasteiger partial charge in [-0.1, -0.05) is 42.0 Å². The van der Waals surface area contributed by atoms with Gasteiger partial charge < -0.3 is 4.74 Å². The lowest BCUT2D eigenvalue weighted by Gasteiger charge is -2.14. The summed E-state index contributed by atoms with van der Waals surface area (Å²) in [6.07, 6.45) is 5.53. The Morgan fingerprint density at radius 2 is 1.91 bits per heavy atom. The van der Waals surface area contributed by atoms with E-state index >= 15 is 0 Å². The first-order valence-electron chi connectivity index (χ1n) is 11.4. The molecular weight excluding hydrogens is 394 g/mol. The molecule has 4 heteroatoms. The number of fused-ring (bicyclic) bond motifs is 1. The average molecular weight is 428 g/mol. The van der Waals surface area contributed by atoms with E-state index in [9.17, 15) is 0 Å². The van der Waals surface area contributed by atoms with Crippen LogP contribution in [0, 0.1) is 0 Å². The highest BCUT2D eigenvalue weighted by Crippen LogP contribution is 2.22. The van der Waals surface area contributed by atoms with Gasteiger partial charge in [0.2, 0.25) is 0 Å². The molecule has 166 valence electrons. The van der Waals surface area contributed by atoms with Gasteiger partial charge in [-0.15, -0.1) is 0 Å². The van der Waals surface area contributed by atoms with Crippen LogP contribution in [0.2, 0.25) is 0 Å². The zero-order valence-corrected chi connectivity index (χ0v) is 19.7. The largest absolute Gasteiger partial charge is 0.497 e. The molecule has 0 N–H and O–H groups in total. The van der Waals surface area contributed by atoms with Crippen LogP contribution in [0.1, 0.15) is 38.7 Å². The van der Waals surface area contributed by atoms with Crippen molar-refractivity contribution < 1.29 is 4.74 Å². The van der Waals surface area contributed by atoms with Crippen LogP contribution in [0.4, 0.5) is 0 Å². The van der Waals surface area contributed by atoms with Crippen molar-refractivity contribution in [2.45, 2.75) is 39.7 Å². The number of hydrogen-bond donors (Lipinski definition) is 0. The highest BCUT2D eigenvalue weighted by atomic mass is 16.5. The van der Waals surface area contributed by atoms with Crippen molar-refractivity contribution in [2.24, 2.45) is 9.98 Å². The Kier molecular flexibility index (Phi) is 7.01. The zero-order chi connectivity index (χ0) is 22.5. The Morgan fingerprint density at radius 1 is 1.06 bits per heavy atom. The van der Waals surface area contributed by atoms with Crippen molar-refractivity contribution >= 4 is 23.1 Å². The third kappa shape index (κ3) is 5.08. The van der Waals surface area contributed by atoms with E-state index in [0.717, 1.165) is 61.8 Å². The second kappa shape index (κ2) is 10.1. The van der Waals surface area contributed by atoms with Crippen LogP contribution in [0.3, 0.4) is 0 Å². The van der Waals surface area contributed by atoms with E-state index in [1.54, 1.807) is 7.11 Å². The van der Waals surface area contributed by atoms with Gasteiger partial charge in [-0.2, -0.15) is 0 Å². The van der Waals surface area contributed by atoms with E-state index in [0.29, 0.717) is 0 Å². The maximum absolute atomic E-state index is 5.38. The Bertz CT molecular complexity index is 1200. The van der Waals surface area contributed by atoms with E-state index in [1.165, 1.54) is 27.1 Å². The number of allylic oxidation sites excluding steroid dienone is 1. The fraction of sp³-hybridized carbons (Fsp3) is 0.357. The molecule has 2 aliphatic rings. The van der Waals surface area contributed by atoms with Crippen molar-refractivity contribution in [3.8, 4) is 5.75 Å². The molecular formula is C28H33N3O. The maximum Gasteiger partial charge on any atom is 0.119 e. The fourth-order valence-electron chi connectivity index (χ4n) is 4.65. The van der Waals surface area contributed by atoms with Crippen LogP contribution in [0.25, 0.3) is 11.6 Å².